The minimum atomic E-state index is -0.498. The summed E-state index contributed by atoms with van der Waals surface area (Å²) in [5.74, 6) is 1.61. The average molecular weight is 386 g/mol. The van der Waals surface area contributed by atoms with Crippen molar-refractivity contribution in [2.75, 3.05) is 5.32 Å². The average Bonchev–Trinajstić information content (AvgIpc) is 2.50. The number of pyridine rings is 1. The molecule has 0 saturated carbocycles. The number of aryl methyl sites for hydroxylation is 1. The van der Waals surface area contributed by atoms with Crippen molar-refractivity contribution in [2.24, 2.45) is 11.7 Å². The highest BCUT2D eigenvalue weighted by Crippen LogP contribution is 2.26. The van der Waals surface area contributed by atoms with Gasteiger partial charge in [0.05, 0.1) is 12.2 Å². The smallest absolute Gasteiger partial charge is 0.241 e. The first-order chi connectivity index (χ1) is 11.0. The SMILES string of the molecule is Cc1cc(NC(=O)[C@@H](N)CC(C)C)ccc1Oc1cccnc1.Cl.Cl. The van der Waals surface area contributed by atoms with Crippen LogP contribution < -0.4 is 15.8 Å². The summed E-state index contributed by atoms with van der Waals surface area (Å²) in [6, 6.07) is 8.65. The lowest BCUT2D eigenvalue weighted by Crippen LogP contribution is -2.36. The number of rotatable bonds is 6. The second-order valence-electron chi connectivity index (χ2n) is 6.00. The molecule has 7 heteroatoms. The summed E-state index contributed by atoms with van der Waals surface area (Å²) in [4.78, 5) is 16.1. The Hall–Kier alpha value is -1.82. The maximum atomic E-state index is 12.1. The van der Waals surface area contributed by atoms with E-state index in [0.29, 0.717) is 23.8 Å². The lowest BCUT2D eigenvalue weighted by molar-refractivity contribution is -0.117. The fraction of sp³-hybridized carbons (Fsp3) is 0.333. The van der Waals surface area contributed by atoms with Gasteiger partial charge in [-0.25, -0.2) is 0 Å². The zero-order valence-corrected chi connectivity index (χ0v) is 16.2. The van der Waals surface area contributed by atoms with Crippen molar-refractivity contribution < 1.29 is 9.53 Å². The molecule has 25 heavy (non-hydrogen) atoms. The molecule has 1 heterocycles. The molecule has 0 aliphatic rings. The molecule has 0 radical (unpaired) electrons. The fourth-order valence-electron chi connectivity index (χ4n) is 2.23. The highest BCUT2D eigenvalue weighted by Gasteiger charge is 2.15. The second-order valence-corrected chi connectivity index (χ2v) is 6.00. The van der Waals surface area contributed by atoms with E-state index in [4.69, 9.17) is 10.5 Å². The Bertz CT molecular complexity index is 667. The fourth-order valence-corrected chi connectivity index (χ4v) is 2.23. The molecule has 1 atom stereocenters. The van der Waals surface area contributed by atoms with Gasteiger partial charge in [-0.15, -0.1) is 24.8 Å². The maximum Gasteiger partial charge on any atom is 0.241 e. The Labute approximate surface area is 161 Å². The van der Waals surface area contributed by atoms with Crippen LogP contribution in [-0.2, 0) is 4.79 Å². The van der Waals surface area contributed by atoms with Crippen LogP contribution in [-0.4, -0.2) is 16.9 Å². The first-order valence-electron chi connectivity index (χ1n) is 7.70. The van der Waals surface area contributed by atoms with E-state index in [9.17, 15) is 4.79 Å². The van der Waals surface area contributed by atoms with Gasteiger partial charge in [0.25, 0.3) is 0 Å². The largest absolute Gasteiger partial charge is 0.455 e. The van der Waals surface area contributed by atoms with Crippen molar-refractivity contribution in [1.29, 1.82) is 0 Å². The highest BCUT2D eigenvalue weighted by atomic mass is 35.5. The predicted octanol–water partition coefficient (Wildman–Crippen LogP) is 4.34. The van der Waals surface area contributed by atoms with Crippen LogP contribution in [0, 0.1) is 12.8 Å². The summed E-state index contributed by atoms with van der Waals surface area (Å²) in [6.07, 6.45) is 4.01. The molecule has 0 aliphatic heterocycles. The van der Waals surface area contributed by atoms with Crippen LogP contribution in [0.4, 0.5) is 5.69 Å². The van der Waals surface area contributed by atoms with Crippen LogP contribution in [0.15, 0.2) is 42.7 Å². The lowest BCUT2D eigenvalue weighted by Gasteiger charge is -2.15. The Morgan fingerprint density at radius 2 is 2.00 bits per heavy atom. The minimum absolute atomic E-state index is 0. The molecule has 1 aromatic heterocycles. The van der Waals surface area contributed by atoms with Crippen molar-refractivity contribution in [3.05, 3.63) is 48.3 Å². The molecule has 0 fully saturated rings. The maximum absolute atomic E-state index is 12.1. The highest BCUT2D eigenvalue weighted by molar-refractivity contribution is 5.94. The van der Waals surface area contributed by atoms with Gasteiger partial charge in [0.1, 0.15) is 11.5 Å². The number of nitrogens with one attached hydrogen (secondary N) is 1. The monoisotopic (exact) mass is 385 g/mol. The lowest BCUT2D eigenvalue weighted by atomic mass is 10.0. The third-order valence-electron chi connectivity index (χ3n) is 3.37. The molecule has 5 nitrogen and oxygen atoms in total. The van der Waals surface area contributed by atoms with Crippen LogP contribution in [0.25, 0.3) is 0 Å². The number of hydrogen-bond donors (Lipinski definition) is 2. The van der Waals surface area contributed by atoms with Crippen LogP contribution >= 0.6 is 24.8 Å². The van der Waals surface area contributed by atoms with Gasteiger partial charge in [0, 0.05) is 11.9 Å². The number of nitrogens with zero attached hydrogens (tertiary/aromatic N) is 1. The number of benzene rings is 1. The number of halogens is 2. The van der Waals surface area contributed by atoms with Crippen LogP contribution in [0.5, 0.6) is 11.5 Å². The number of ether oxygens (including phenoxy) is 1. The molecule has 2 aromatic rings. The van der Waals surface area contributed by atoms with E-state index >= 15 is 0 Å². The Morgan fingerprint density at radius 3 is 2.56 bits per heavy atom. The molecule has 1 aromatic carbocycles. The molecule has 0 saturated heterocycles. The van der Waals surface area contributed by atoms with E-state index < -0.39 is 6.04 Å². The quantitative estimate of drug-likeness (QED) is 0.774. The summed E-state index contributed by atoms with van der Waals surface area (Å²) >= 11 is 0. The van der Waals surface area contributed by atoms with E-state index in [0.717, 1.165) is 11.3 Å². The molecular formula is C18H25Cl2N3O2. The van der Waals surface area contributed by atoms with Crippen LogP contribution in [0.1, 0.15) is 25.8 Å². The van der Waals surface area contributed by atoms with Crippen molar-refractivity contribution >= 4 is 36.4 Å². The Kier molecular flexibility index (Phi) is 10.1. The predicted molar refractivity (Wildman–Crippen MR) is 106 cm³/mol. The molecular weight excluding hydrogens is 361 g/mol. The van der Waals surface area contributed by atoms with Gasteiger partial charge in [0.2, 0.25) is 5.91 Å². The van der Waals surface area contributed by atoms with E-state index in [2.05, 4.69) is 10.3 Å². The van der Waals surface area contributed by atoms with E-state index in [-0.39, 0.29) is 30.7 Å². The first kappa shape index (κ1) is 23.2. The Morgan fingerprint density at radius 1 is 1.28 bits per heavy atom. The molecule has 1 amide bonds. The van der Waals surface area contributed by atoms with Gasteiger partial charge in [-0.1, -0.05) is 13.8 Å². The normalized spacial score (nSPS) is 11.1. The topological polar surface area (TPSA) is 77.2 Å². The number of amides is 1. The zero-order chi connectivity index (χ0) is 16.8. The summed E-state index contributed by atoms with van der Waals surface area (Å²) < 4.78 is 5.77. The van der Waals surface area contributed by atoms with Crippen molar-refractivity contribution in [3.8, 4) is 11.5 Å². The molecule has 138 valence electrons. The van der Waals surface area contributed by atoms with E-state index in [1.165, 1.54) is 0 Å². The molecule has 3 N–H and O–H groups in total. The molecule has 0 aliphatic carbocycles. The Balaban J connectivity index is 0.00000288. The number of anilines is 1. The number of carbonyl (C=O) groups is 1. The summed E-state index contributed by atoms with van der Waals surface area (Å²) in [6.45, 7) is 6.01. The van der Waals surface area contributed by atoms with Crippen molar-refractivity contribution in [1.82, 2.24) is 4.98 Å². The molecule has 0 bridgehead atoms. The van der Waals surface area contributed by atoms with Crippen LogP contribution in [0.3, 0.4) is 0 Å². The van der Waals surface area contributed by atoms with Gasteiger partial charge >= 0.3 is 0 Å². The van der Waals surface area contributed by atoms with Crippen molar-refractivity contribution in [3.63, 3.8) is 0 Å². The zero-order valence-electron chi connectivity index (χ0n) is 14.6. The van der Waals surface area contributed by atoms with Gasteiger partial charge in [0.15, 0.2) is 0 Å². The summed E-state index contributed by atoms with van der Waals surface area (Å²) in [7, 11) is 0. The van der Waals surface area contributed by atoms with Gasteiger partial charge in [-0.2, -0.15) is 0 Å². The minimum Gasteiger partial charge on any atom is -0.455 e. The van der Waals surface area contributed by atoms with Gasteiger partial charge < -0.3 is 15.8 Å². The molecule has 0 unspecified atom stereocenters. The van der Waals surface area contributed by atoms with Gasteiger partial charge in [-0.3, -0.25) is 9.78 Å². The summed E-state index contributed by atoms with van der Waals surface area (Å²) in [5.41, 5.74) is 7.53. The second kappa shape index (κ2) is 10.9. The standard InChI is InChI=1S/C18H23N3O2.2ClH/c1-12(2)9-16(19)18(22)21-14-6-7-17(13(3)10-14)23-15-5-4-8-20-11-15;;/h4-8,10-12,16H,9,19H2,1-3H3,(H,21,22);2*1H/t16-;;/m0../s1. The number of hydrogen-bond acceptors (Lipinski definition) is 4. The molecule has 2 rings (SSSR count). The summed E-state index contributed by atoms with van der Waals surface area (Å²) in [5, 5.41) is 2.85. The first-order valence-corrected chi connectivity index (χ1v) is 7.70. The van der Waals surface area contributed by atoms with E-state index in [1.54, 1.807) is 18.5 Å². The number of aromatic nitrogens is 1. The van der Waals surface area contributed by atoms with Crippen molar-refractivity contribution in [2.45, 2.75) is 33.2 Å². The number of nitrogens with two attached hydrogens (primary N) is 1. The van der Waals surface area contributed by atoms with E-state index in [1.807, 2.05) is 45.0 Å². The van der Waals surface area contributed by atoms with Gasteiger partial charge in [-0.05, 0) is 55.2 Å². The molecule has 0 spiro atoms. The number of carbonyl (C=O) groups excluding carboxylic acids is 1. The third-order valence-corrected chi connectivity index (χ3v) is 3.37. The van der Waals surface area contributed by atoms with Crippen LogP contribution in [0.2, 0.25) is 0 Å². The third kappa shape index (κ3) is 7.30.